The lowest BCUT2D eigenvalue weighted by Crippen LogP contribution is -2.45. The predicted octanol–water partition coefficient (Wildman–Crippen LogP) is 1.82. The van der Waals surface area contributed by atoms with Crippen LogP contribution in [-0.4, -0.2) is 60.8 Å². The molecule has 110 valence electrons. The Balaban J connectivity index is 1.76. The van der Waals surface area contributed by atoms with E-state index in [0.717, 1.165) is 19.5 Å². The van der Waals surface area contributed by atoms with Gasteiger partial charge in [0, 0.05) is 19.1 Å². The summed E-state index contributed by atoms with van der Waals surface area (Å²) in [7, 11) is 0. The van der Waals surface area contributed by atoms with Gasteiger partial charge in [-0.15, -0.1) is 0 Å². The molecule has 0 bridgehead atoms. The normalized spacial score (nSPS) is 25.6. The minimum atomic E-state index is -4.35. The largest absolute Gasteiger partial charge is 0.405 e. The summed E-state index contributed by atoms with van der Waals surface area (Å²) in [6, 6.07) is -0.284. The second kappa shape index (κ2) is 5.98. The Labute approximate surface area is 110 Å². The molecule has 1 N–H and O–H groups in total. The number of hydrogen-bond acceptors (Lipinski definition) is 2. The first-order chi connectivity index (χ1) is 8.96. The maximum atomic E-state index is 12.0. The van der Waals surface area contributed by atoms with Gasteiger partial charge >= 0.3 is 12.2 Å². The summed E-state index contributed by atoms with van der Waals surface area (Å²) in [4.78, 5) is 15.5. The Bertz CT molecular complexity index is 316. The van der Waals surface area contributed by atoms with E-state index in [1.54, 1.807) is 0 Å². The Hall–Kier alpha value is -0.980. The molecule has 2 amide bonds. The Morgan fingerprint density at radius 2 is 1.84 bits per heavy atom. The van der Waals surface area contributed by atoms with E-state index in [0.29, 0.717) is 19.1 Å². The molecule has 0 aromatic rings. The van der Waals surface area contributed by atoms with Crippen LogP contribution in [-0.2, 0) is 0 Å². The van der Waals surface area contributed by atoms with Gasteiger partial charge < -0.3 is 10.2 Å². The van der Waals surface area contributed by atoms with Gasteiger partial charge in [0.1, 0.15) is 6.54 Å². The molecule has 2 aliphatic heterocycles. The third-order valence-corrected chi connectivity index (χ3v) is 3.80. The van der Waals surface area contributed by atoms with E-state index in [1.807, 2.05) is 5.32 Å². The highest BCUT2D eigenvalue weighted by molar-refractivity contribution is 5.74. The molecule has 2 saturated heterocycles. The minimum Gasteiger partial charge on any atom is -0.329 e. The molecule has 0 aliphatic carbocycles. The second-order valence-corrected chi connectivity index (χ2v) is 5.26. The number of nitrogens with zero attached hydrogens (tertiary/aromatic N) is 2. The number of nitrogens with one attached hydrogen (secondary N) is 1. The van der Waals surface area contributed by atoms with E-state index < -0.39 is 18.8 Å². The highest BCUT2D eigenvalue weighted by Gasteiger charge is 2.33. The molecule has 2 rings (SSSR count). The Morgan fingerprint density at radius 1 is 1.16 bits per heavy atom. The van der Waals surface area contributed by atoms with Crippen molar-refractivity contribution in [1.82, 2.24) is 15.1 Å². The van der Waals surface area contributed by atoms with Gasteiger partial charge in [0.25, 0.3) is 0 Å². The summed E-state index contributed by atoms with van der Waals surface area (Å²) in [5.74, 6) is 0. The van der Waals surface area contributed by atoms with Crippen LogP contribution in [0.1, 0.15) is 25.7 Å². The monoisotopic (exact) mass is 279 g/mol. The number of urea groups is 1. The third-order valence-electron chi connectivity index (χ3n) is 3.80. The van der Waals surface area contributed by atoms with Crippen LogP contribution in [0, 0.1) is 0 Å². The van der Waals surface area contributed by atoms with Gasteiger partial charge in [-0.1, -0.05) is 6.42 Å². The predicted molar refractivity (Wildman–Crippen MR) is 64.9 cm³/mol. The Morgan fingerprint density at radius 3 is 2.47 bits per heavy atom. The molecule has 2 aliphatic rings. The first-order valence-corrected chi connectivity index (χ1v) is 6.79. The molecule has 1 atom stereocenters. The van der Waals surface area contributed by atoms with Crippen LogP contribution >= 0.6 is 0 Å². The fraction of sp³-hybridized carbons (Fsp3) is 0.917. The van der Waals surface area contributed by atoms with E-state index in [-0.39, 0.29) is 0 Å². The van der Waals surface area contributed by atoms with Crippen LogP contribution in [0.25, 0.3) is 0 Å². The van der Waals surface area contributed by atoms with Crippen molar-refractivity contribution < 1.29 is 18.0 Å². The highest BCUT2D eigenvalue weighted by atomic mass is 19.4. The smallest absolute Gasteiger partial charge is 0.329 e. The number of halogens is 3. The van der Waals surface area contributed by atoms with Crippen LogP contribution in [0.15, 0.2) is 0 Å². The van der Waals surface area contributed by atoms with Gasteiger partial charge in [-0.05, 0) is 32.4 Å². The van der Waals surface area contributed by atoms with E-state index in [2.05, 4.69) is 4.90 Å². The fourth-order valence-corrected chi connectivity index (χ4v) is 2.80. The first kappa shape index (κ1) is 14.4. The molecule has 19 heavy (non-hydrogen) atoms. The molecule has 0 aromatic carbocycles. The van der Waals surface area contributed by atoms with Gasteiger partial charge in [-0.2, -0.15) is 13.2 Å². The van der Waals surface area contributed by atoms with E-state index in [1.165, 1.54) is 24.2 Å². The molecule has 2 heterocycles. The first-order valence-electron chi connectivity index (χ1n) is 6.79. The summed E-state index contributed by atoms with van der Waals surface area (Å²) in [6.45, 7) is 1.93. The molecule has 0 saturated carbocycles. The molecule has 0 spiro atoms. The van der Waals surface area contributed by atoms with Gasteiger partial charge in [0.15, 0.2) is 0 Å². The summed E-state index contributed by atoms with van der Waals surface area (Å²) < 4.78 is 36.1. The molecular formula is C12H20F3N3O. The van der Waals surface area contributed by atoms with Gasteiger partial charge in [-0.3, -0.25) is 4.90 Å². The van der Waals surface area contributed by atoms with Crippen molar-refractivity contribution in [1.29, 1.82) is 0 Å². The van der Waals surface area contributed by atoms with Crippen LogP contribution < -0.4 is 5.32 Å². The van der Waals surface area contributed by atoms with Gasteiger partial charge in [-0.25, -0.2) is 4.79 Å². The van der Waals surface area contributed by atoms with Crippen molar-refractivity contribution in [3.63, 3.8) is 0 Å². The lowest BCUT2D eigenvalue weighted by atomic mass is 10.1. The van der Waals surface area contributed by atoms with Crippen molar-refractivity contribution in [3.8, 4) is 0 Å². The zero-order valence-corrected chi connectivity index (χ0v) is 10.9. The average Bonchev–Trinajstić information content (AvgIpc) is 2.86. The van der Waals surface area contributed by atoms with Crippen LogP contribution in [0.4, 0.5) is 18.0 Å². The van der Waals surface area contributed by atoms with Gasteiger partial charge in [0.2, 0.25) is 0 Å². The number of carbonyl (C=O) groups excluding carboxylic acids is 1. The maximum Gasteiger partial charge on any atom is 0.405 e. The number of hydrogen-bond donors (Lipinski definition) is 1. The van der Waals surface area contributed by atoms with E-state index in [4.69, 9.17) is 0 Å². The SMILES string of the molecule is O=C(NCC(F)(F)F)N1CCC(N2CCCCC2)C1. The summed E-state index contributed by atoms with van der Waals surface area (Å²) >= 11 is 0. The molecule has 2 fully saturated rings. The summed E-state index contributed by atoms with van der Waals surface area (Å²) in [5, 5.41) is 1.93. The summed E-state index contributed by atoms with van der Waals surface area (Å²) in [5.41, 5.74) is 0. The van der Waals surface area contributed by atoms with E-state index in [9.17, 15) is 18.0 Å². The van der Waals surface area contributed by atoms with Crippen LogP contribution in [0.3, 0.4) is 0 Å². The number of alkyl halides is 3. The molecular weight excluding hydrogens is 259 g/mol. The number of likely N-dealkylation sites (tertiary alicyclic amines) is 2. The molecule has 4 nitrogen and oxygen atoms in total. The summed E-state index contributed by atoms with van der Waals surface area (Å²) in [6.07, 6.45) is 0.119. The second-order valence-electron chi connectivity index (χ2n) is 5.26. The quantitative estimate of drug-likeness (QED) is 0.837. The third kappa shape index (κ3) is 4.26. The van der Waals surface area contributed by atoms with Crippen molar-refractivity contribution in [3.05, 3.63) is 0 Å². The van der Waals surface area contributed by atoms with Crippen molar-refractivity contribution in [2.24, 2.45) is 0 Å². The number of carbonyl (C=O) groups is 1. The topological polar surface area (TPSA) is 35.6 Å². The van der Waals surface area contributed by atoms with Crippen molar-refractivity contribution in [2.45, 2.75) is 37.9 Å². The lowest BCUT2D eigenvalue weighted by Gasteiger charge is -2.32. The minimum absolute atomic E-state index is 0.317. The highest BCUT2D eigenvalue weighted by Crippen LogP contribution is 2.20. The van der Waals surface area contributed by atoms with Gasteiger partial charge in [0.05, 0.1) is 0 Å². The van der Waals surface area contributed by atoms with Crippen molar-refractivity contribution in [2.75, 3.05) is 32.7 Å². The fourth-order valence-electron chi connectivity index (χ4n) is 2.80. The molecule has 1 unspecified atom stereocenters. The lowest BCUT2D eigenvalue weighted by molar-refractivity contribution is -0.123. The Kier molecular flexibility index (Phi) is 4.54. The molecule has 0 aromatic heterocycles. The van der Waals surface area contributed by atoms with Crippen LogP contribution in [0.2, 0.25) is 0 Å². The van der Waals surface area contributed by atoms with E-state index >= 15 is 0 Å². The molecule has 7 heteroatoms. The van der Waals surface area contributed by atoms with Crippen LogP contribution in [0.5, 0.6) is 0 Å². The zero-order chi connectivity index (χ0) is 13.9. The average molecular weight is 279 g/mol. The zero-order valence-electron chi connectivity index (χ0n) is 10.9. The van der Waals surface area contributed by atoms with Crippen molar-refractivity contribution >= 4 is 6.03 Å². The standard InChI is InChI=1S/C12H20F3N3O/c13-12(14,15)9-16-11(19)18-7-4-10(8-18)17-5-2-1-3-6-17/h10H,1-9H2,(H,16,19). The molecule has 0 radical (unpaired) electrons. The number of rotatable bonds is 2. The number of amides is 2. The maximum absolute atomic E-state index is 12.0. The number of piperidine rings is 1.